The number of anilines is 1. The van der Waals surface area contributed by atoms with Crippen LogP contribution in [0.5, 0.6) is 5.88 Å². The van der Waals surface area contributed by atoms with Crippen LogP contribution in [0.3, 0.4) is 0 Å². The molecule has 10 heteroatoms. The van der Waals surface area contributed by atoms with Crippen molar-refractivity contribution >= 4 is 21.6 Å². The Labute approximate surface area is 174 Å². The van der Waals surface area contributed by atoms with Crippen molar-refractivity contribution in [1.82, 2.24) is 9.78 Å². The van der Waals surface area contributed by atoms with Crippen molar-refractivity contribution in [3.05, 3.63) is 34.5 Å². The highest BCUT2D eigenvalue weighted by molar-refractivity contribution is 7.91. The lowest BCUT2D eigenvalue weighted by molar-refractivity contribution is 0.0399. The number of urea groups is 1. The molecule has 5 rings (SSSR count). The molecule has 2 heterocycles. The lowest BCUT2D eigenvalue weighted by atomic mass is 9.99. The van der Waals surface area contributed by atoms with E-state index in [1.54, 1.807) is 6.92 Å². The molecule has 2 aliphatic carbocycles. The molecule has 0 saturated heterocycles. The maximum atomic E-state index is 13.1. The lowest BCUT2D eigenvalue weighted by Gasteiger charge is -2.19. The van der Waals surface area contributed by atoms with Crippen LogP contribution in [0.25, 0.3) is 0 Å². The summed E-state index contributed by atoms with van der Waals surface area (Å²) >= 11 is 0. The largest absolute Gasteiger partial charge is 0.466 e. The van der Waals surface area contributed by atoms with E-state index in [4.69, 9.17) is 9.88 Å². The Kier molecular flexibility index (Phi) is 4.42. The fourth-order valence-electron chi connectivity index (χ4n) is 4.71. The van der Waals surface area contributed by atoms with E-state index in [0.29, 0.717) is 6.54 Å². The van der Waals surface area contributed by atoms with Gasteiger partial charge < -0.3 is 15.2 Å². The number of amides is 2. The Balaban J connectivity index is 1.47. The summed E-state index contributed by atoms with van der Waals surface area (Å²) in [7, 11) is -3.58. The Morgan fingerprint density at radius 2 is 2.00 bits per heavy atom. The molecule has 0 fully saturated rings. The third-order valence-electron chi connectivity index (χ3n) is 6.16. The van der Waals surface area contributed by atoms with Crippen LogP contribution >= 0.6 is 0 Å². The lowest BCUT2D eigenvalue weighted by Crippen LogP contribution is -2.35. The molecule has 0 radical (unpaired) electrons. The van der Waals surface area contributed by atoms with Crippen LogP contribution in [0, 0.1) is 0 Å². The molecule has 0 saturated carbocycles. The van der Waals surface area contributed by atoms with Gasteiger partial charge in [0.25, 0.3) is 0 Å². The predicted octanol–water partition coefficient (Wildman–Crippen LogP) is 1.94. The molecule has 2 amide bonds. The molecule has 0 unspecified atom stereocenters. The van der Waals surface area contributed by atoms with Crippen molar-refractivity contribution in [2.24, 2.45) is 9.50 Å². The molecule has 2 aromatic rings. The zero-order valence-corrected chi connectivity index (χ0v) is 17.6. The highest BCUT2D eigenvalue weighted by Crippen LogP contribution is 2.39. The first kappa shape index (κ1) is 19.5. The van der Waals surface area contributed by atoms with Crippen LogP contribution < -0.4 is 15.2 Å². The third kappa shape index (κ3) is 3.10. The van der Waals surface area contributed by atoms with E-state index < -0.39 is 21.5 Å². The second-order valence-corrected chi connectivity index (χ2v) is 10.3. The topological polar surface area (TPSA) is 132 Å². The van der Waals surface area contributed by atoms with Gasteiger partial charge in [-0.3, -0.25) is 0 Å². The minimum absolute atomic E-state index is 0.0540. The summed E-state index contributed by atoms with van der Waals surface area (Å²) in [5, 5.41) is 22.5. The summed E-state index contributed by atoms with van der Waals surface area (Å²) in [4.78, 5) is 12.8. The zero-order valence-electron chi connectivity index (χ0n) is 16.8. The number of nitrogens with two attached hydrogens (primary N) is 1. The fourth-order valence-corrected chi connectivity index (χ4v) is 5.69. The Morgan fingerprint density at radius 1 is 1.33 bits per heavy atom. The fraction of sp³-hybridized carbons (Fsp3) is 0.500. The van der Waals surface area contributed by atoms with E-state index >= 15 is 0 Å². The average Bonchev–Trinajstić information content (AvgIpc) is 3.43. The molecule has 4 N–H and O–H groups in total. The normalized spacial score (nSPS) is 23.3. The first-order valence-electron chi connectivity index (χ1n) is 10.2. The highest BCUT2D eigenvalue weighted by Gasteiger charge is 2.39. The summed E-state index contributed by atoms with van der Waals surface area (Å²) in [6, 6.07) is 1.54. The maximum Gasteiger partial charge on any atom is 0.354 e. The first-order chi connectivity index (χ1) is 14.3. The van der Waals surface area contributed by atoms with Crippen molar-refractivity contribution in [2.45, 2.75) is 62.5 Å². The van der Waals surface area contributed by atoms with Crippen molar-refractivity contribution in [1.29, 1.82) is 0 Å². The Bertz CT molecular complexity index is 1150. The van der Waals surface area contributed by atoms with Crippen molar-refractivity contribution in [3.8, 4) is 5.88 Å². The van der Waals surface area contributed by atoms with Gasteiger partial charge in [0.1, 0.15) is 4.90 Å². The monoisotopic (exact) mass is 431 g/mol. The number of aliphatic hydroxyl groups excluding tert-OH is 1. The summed E-state index contributed by atoms with van der Waals surface area (Å²) < 4.78 is 24.1. The molecule has 9 nitrogen and oxygen atoms in total. The first-order valence-corrected chi connectivity index (χ1v) is 11.8. The van der Waals surface area contributed by atoms with Gasteiger partial charge in [-0.25, -0.2) is 18.8 Å². The number of ether oxygens (including phenoxy) is 1. The summed E-state index contributed by atoms with van der Waals surface area (Å²) in [6.07, 6.45) is 7.30. The minimum atomic E-state index is -3.58. The maximum absolute atomic E-state index is 13.1. The summed E-state index contributed by atoms with van der Waals surface area (Å²) in [6.45, 7) is 1.77. The second kappa shape index (κ2) is 6.79. The Morgan fingerprint density at radius 3 is 2.63 bits per heavy atom. The van der Waals surface area contributed by atoms with Crippen molar-refractivity contribution < 1.29 is 18.8 Å². The molecule has 160 valence electrons. The van der Waals surface area contributed by atoms with E-state index in [9.17, 15) is 14.1 Å². The molecular formula is C20H25N5O4S. The molecule has 3 aliphatic rings. The molecule has 2 atom stereocenters. The van der Waals surface area contributed by atoms with Gasteiger partial charge >= 0.3 is 6.03 Å². The number of hydrogen-bond acceptors (Lipinski definition) is 5. The SMILES string of the molecule is C[C@@]1(CO)Cn2ncc([S@](N)(=O)=NC(=O)Nc3c4c(cc5c3CCC5)CCC4)c2O1. The van der Waals surface area contributed by atoms with Crippen molar-refractivity contribution in [3.63, 3.8) is 0 Å². The van der Waals surface area contributed by atoms with Gasteiger partial charge in [-0.05, 0) is 67.7 Å². The van der Waals surface area contributed by atoms with Crippen LogP contribution in [0.1, 0.15) is 42.0 Å². The quantitative estimate of drug-likeness (QED) is 0.683. The van der Waals surface area contributed by atoms with Gasteiger partial charge in [-0.15, -0.1) is 4.36 Å². The highest BCUT2D eigenvalue weighted by atomic mass is 32.2. The Hall–Kier alpha value is -2.43. The van der Waals surface area contributed by atoms with E-state index in [1.807, 2.05) is 0 Å². The van der Waals surface area contributed by atoms with E-state index in [-0.39, 0.29) is 17.4 Å². The summed E-state index contributed by atoms with van der Waals surface area (Å²) in [5.41, 5.74) is 4.84. The standard InChI is InChI=1S/C20H25N5O4S/c1-20(11-26)10-25-18(29-20)16(9-22-25)30(21,28)24-19(27)23-17-14-6-2-4-12(14)8-13-5-3-7-15(13)17/h8-9,26H,2-7,10-11H2,1H3,(H3,21,23,24,27,28)/t20-,30+/m0/s1. The van der Waals surface area contributed by atoms with Gasteiger partial charge in [0.05, 0.1) is 19.3 Å². The smallest absolute Gasteiger partial charge is 0.354 e. The van der Waals surface area contributed by atoms with E-state index in [2.05, 4.69) is 20.8 Å². The van der Waals surface area contributed by atoms with Gasteiger partial charge in [-0.1, -0.05) is 6.07 Å². The van der Waals surface area contributed by atoms with E-state index in [0.717, 1.165) is 55.3 Å². The number of benzene rings is 1. The van der Waals surface area contributed by atoms with Crippen LogP contribution in [-0.4, -0.2) is 37.3 Å². The number of carbonyl (C=O) groups excluding carboxylic acids is 1. The van der Waals surface area contributed by atoms with Crippen LogP contribution in [0.4, 0.5) is 10.5 Å². The number of carbonyl (C=O) groups is 1. The van der Waals surface area contributed by atoms with Crippen LogP contribution in [0.15, 0.2) is 21.5 Å². The minimum Gasteiger partial charge on any atom is -0.466 e. The molecule has 0 spiro atoms. The van der Waals surface area contributed by atoms with Gasteiger partial charge in [0.15, 0.2) is 15.5 Å². The van der Waals surface area contributed by atoms with Crippen LogP contribution in [-0.2, 0) is 42.1 Å². The number of rotatable bonds is 3. The molecule has 30 heavy (non-hydrogen) atoms. The molecular weight excluding hydrogens is 406 g/mol. The molecule has 1 aliphatic heterocycles. The van der Waals surface area contributed by atoms with Crippen molar-refractivity contribution in [2.75, 3.05) is 11.9 Å². The average molecular weight is 432 g/mol. The number of fused-ring (bicyclic) bond motifs is 3. The van der Waals surface area contributed by atoms with E-state index in [1.165, 1.54) is 22.0 Å². The number of hydrogen-bond donors (Lipinski definition) is 3. The second-order valence-electron chi connectivity index (χ2n) is 8.51. The number of aliphatic hydroxyl groups is 1. The third-order valence-corrected chi connectivity index (χ3v) is 7.51. The summed E-state index contributed by atoms with van der Waals surface area (Å²) in [5.74, 6) is 0.178. The van der Waals surface area contributed by atoms with Crippen LogP contribution in [0.2, 0.25) is 0 Å². The molecule has 0 bridgehead atoms. The number of nitrogens with one attached hydrogen (secondary N) is 1. The number of aromatic nitrogens is 2. The van der Waals surface area contributed by atoms with Gasteiger partial charge in [-0.2, -0.15) is 5.10 Å². The molecule has 1 aromatic heterocycles. The number of aryl methyl sites for hydroxylation is 2. The molecule has 1 aromatic carbocycles. The number of nitrogens with zero attached hydrogens (tertiary/aromatic N) is 3. The zero-order chi connectivity index (χ0) is 21.1. The predicted molar refractivity (Wildman–Crippen MR) is 111 cm³/mol. The van der Waals surface area contributed by atoms with Gasteiger partial charge in [0, 0.05) is 5.69 Å². The van der Waals surface area contributed by atoms with Gasteiger partial charge in [0.2, 0.25) is 5.88 Å².